The molecular formula is C62H84B2Br2F6N8O6. The summed E-state index contributed by atoms with van der Waals surface area (Å²) in [4.78, 5) is 16.4. The van der Waals surface area contributed by atoms with Gasteiger partial charge in [-0.15, -0.1) is 0 Å². The number of nitro benzene ring substituents is 1. The first kappa shape index (κ1) is 74.1. The molecule has 2 fully saturated rings. The van der Waals surface area contributed by atoms with Crippen LogP contribution in [0.5, 0.6) is 0 Å². The van der Waals surface area contributed by atoms with E-state index in [1.54, 1.807) is 84.2 Å². The van der Waals surface area contributed by atoms with Crippen molar-refractivity contribution in [2.45, 2.75) is 118 Å². The third-order valence-electron chi connectivity index (χ3n) is 13.8. The van der Waals surface area contributed by atoms with E-state index in [-0.39, 0.29) is 46.9 Å². The molecule has 0 aliphatic carbocycles. The van der Waals surface area contributed by atoms with Crippen LogP contribution in [0, 0.1) is 45.0 Å². The van der Waals surface area contributed by atoms with Crippen molar-refractivity contribution in [3.05, 3.63) is 163 Å². The summed E-state index contributed by atoms with van der Waals surface area (Å²) in [5.74, 6) is -1.85. The summed E-state index contributed by atoms with van der Waals surface area (Å²) in [7, 11) is 13.1. The maximum atomic E-state index is 14.1. The van der Waals surface area contributed by atoms with E-state index in [2.05, 4.69) is 42.5 Å². The highest BCUT2D eigenvalue weighted by Crippen LogP contribution is 2.38. The zero-order valence-corrected chi connectivity index (χ0v) is 56.2. The number of anilines is 7. The molecule has 86 heavy (non-hydrogen) atoms. The predicted molar refractivity (Wildman–Crippen MR) is 351 cm³/mol. The van der Waals surface area contributed by atoms with Crippen molar-refractivity contribution < 1.29 is 49.9 Å². The number of nitrogen functional groups attached to an aromatic ring is 1. The molecule has 2 saturated heterocycles. The molecule has 6 aromatic carbocycles. The molecule has 0 spiro atoms. The van der Waals surface area contributed by atoms with Crippen LogP contribution in [0.1, 0.15) is 83.1 Å². The Morgan fingerprint density at radius 3 is 1.07 bits per heavy atom. The zero-order chi connectivity index (χ0) is 65.6. The van der Waals surface area contributed by atoms with E-state index in [4.69, 9.17) is 24.4 Å². The molecule has 0 atom stereocenters. The molecule has 0 radical (unpaired) electrons. The van der Waals surface area contributed by atoms with E-state index in [0.717, 1.165) is 15.0 Å². The molecule has 0 saturated carbocycles. The Balaban J connectivity index is 0.000000275. The molecule has 4 N–H and O–H groups in total. The Labute approximate surface area is 522 Å². The number of nitro groups is 1. The molecule has 6 aromatic rings. The van der Waals surface area contributed by atoms with Gasteiger partial charge in [-0.05, 0) is 179 Å². The first-order valence-corrected chi connectivity index (χ1v) is 29.1. The van der Waals surface area contributed by atoms with Crippen LogP contribution in [0.3, 0.4) is 0 Å². The lowest BCUT2D eigenvalue weighted by molar-refractivity contribution is -0.385. The topological polar surface area (TPSA) is 143 Å². The second-order valence-electron chi connectivity index (χ2n) is 23.6. The van der Waals surface area contributed by atoms with Gasteiger partial charge in [0.15, 0.2) is 5.82 Å². The minimum absolute atomic E-state index is 0.187. The van der Waals surface area contributed by atoms with E-state index in [1.807, 2.05) is 136 Å². The highest BCUT2D eigenvalue weighted by atomic mass is 79.9. The number of nitrogens with one attached hydrogen (secondary N) is 2. The first-order valence-electron chi connectivity index (χ1n) is 27.5. The van der Waals surface area contributed by atoms with Crippen molar-refractivity contribution in [3.63, 3.8) is 0 Å². The molecule has 24 heteroatoms. The number of halogens is 8. The summed E-state index contributed by atoms with van der Waals surface area (Å²) in [6, 6.07) is 28.8. The van der Waals surface area contributed by atoms with Crippen LogP contribution in [0.4, 0.5) is 71.8 Å². The number of non-ortho nitro benzene ring substituents is 1. The highest BCUT2D eigenvalue weighted by molar-refractivity contribution is 9.10. The van der Waals surface area contributed by atoms with Crippen molar-refractivity contribution in [2.24, 2.45) is 0 Å². The fraction of sp³-hybridized carbons (Fsp3) is 0.419. The Bertz CT molecular complexity index is 3110. The average molecular weight is 1330 g/mol. The zero-order valence-electron chi connectivity index (χ0n) is 53.0. The van der Waals surface area contributed by atoms with Gasteiger partial charge in [0.1, 0.15) is 29.1 Å². The summed E-state index contributed by atoms with van der Waals surface area (Å²) >= 11 is 6.38. The molecule has 0 unspecified atom stereocenters. The van der Waals surface area contributed by atoms with Crippen molar-refractivity contribution in [1.29, 1.82) is 0 Å². The first-order chi connectivity index (χ1) is 39.6. The number of rotatable bonds is 11. The van der Waals surface area contributed by atoms with Crippen LogP contribution in [0.15, 0.2) is 118 Å². The lowest BCUT2D eigenvalue weighted by Crippen LogP contribution is -2.41. The summed E-state index contributed by atoms with van der Waals surface area (Å²) in [5, 5.41) is 16.3. The third-order valence-corrected chi connectivity index (χ3v) is 14.8. The molecule has 8 rings (SSSR count). The molecule has 14 nitrogen and oxygen atoms in total. The van der Waals surface area contributed by atoms with Gasteiger partial charge in [0.25, 0.3) is 5.69 Å². The number of nitrogens with zero attached hydrogens (tertiary/aromatic N) is 5. The quantitative estimate of drug-likeness (QED) is 0.0373. The Hall–Kier alpha value is -6.17. The molecule has 2 heterocycles. The lowest BCUT2D eigenvalue weighted by atomic mass is 9.79. The molecule has 0 aromatic heterocycles. The van der Waals surface area contributed by atoms with Crippen LogP contribution in [-0.4, -0.2) is 110 Å². The van der Waals surface area contributed by atoms with Crippen LogP contribution >= 0.6 is 31.9 Å². The number of hydrogen-bond acceptors (Lipinski definition) is 13. The molecule has 0 amide bonds. The molecule has 2 aliphatic rings. The SMILES string of the molecule is CC(C)Nc1ccc(B2OC(C)(C)C(C)(C)O2)cc1F.CC(C)Nc1ccc(Br)cc1F.CN(C)c1ccc(B2OC(C)(C)C(C)(C)O2)cc1F.CN(C)c1ccc(Br)cc1F.CN(C)c1ccc(N)cc1F.CN(C)c1ccc([N+](=O)[O-])cc1F. The van der Waals surface area contributed by atoms with Gasteiger partial charge in [0, 0.05) is 89.2 Å². The van der Waals surface area contributed by atoms with E-state index < -0.39 is 47.4 Å². The van der Waals surface area contributed by atoms with Crippen molar-refractivity contribution in [3.8, 4) is 0 Å². The van der Waals surface area contributed by atoms with E-state index in [0.29, 0.717) is 50.7 Å². The van der Waals surface area contributed by atoms with Gasteiger partial charge in [0.2, 0.25) is 0 Å². The summed E-state index contributed by atoms with van der Waals surface area (Å²) in [6.07, 6.45) is 0. The van der Waals surface area contributed by atoms with Gasteiger partial charge < -0.3 is 54.6 Å². The summed E-state index contributed by atoms with van der Waals surface area (Å²) in [6.45, 7) is 23.8. The van der Waals surface area contributed by atoms with Crippen molar-refractivity contribution >= 4 is 103 Å². The largest absolute Gasteiger partial charge is 0.494 e. The smallest absolute Gasteiger partial charge is 0.399 e. The standard InChI is InChI=1S/C15H23BFNO2.C14H21BFNO2.C9H11BrFN.C8H9BrFN.C8H9FN2O2.C8H11FN2/c1-10(2)18-13-8-7-11(9-12(13)17)16-19-14(3,4)15(5,6)20-16;1-13(2)14(3,4)19-15(18-13)10-7-8-12(17(5)6)11(16)9-10;1-6(2)12-9-4-3-7(10)5-8(9)11;1-11(2)8-4-3-6(9)5-7(8)10;1-10(2)8-4-3-6(11(12)13)5-7(8)9;1-11(2)8-4-3-6(10)5-7(8)9/h7-10,18H,1-6H3;7-9H,1-6H3;3-6,12H,1-2H3;3-5H,1-2H3;3-5H,1-2H3;3-5H,10H2,1-2H3. The van der Waals surface area contributed by atoms with E-state index >= 15 is 0 Å². The molecular weight excluding hydrogens is 1250 g/mol. The molecule has 2 aliphatic heterocycles. The van der Waals surface area contributed by atoms with Gasteiger partial charge >= 0.3 is 14.2 Å². The van der Waals surface area contributed by atoms with Gasteiger partial charge in [-0.1, -0.05) is 44.0 Å². The monoisotopic (exact) mass is 1330 g/mol. The number of nitrogens with two attached hydrogens (primary N) is 1. The van der Waals surface area contributed by atoms with Crippen LogP contribution in [-0.2, 0) is 18.6 Å². The van der Waals surface area contributed by atoms with Crippen molar-refractivity contribution in [2.75, 3.05) is 92.3 Å². The van der Waals surface area contributed by atoms with Crippen LogP contribution < -0.4 is 46.9 Å². The summed E-state index contributed by atoms with van der Waals surface area (Å²) < 4.78 is 105. The fourth-order valence-electron chi connectivity index (χ4n) is 7.72. The predicted octanol–water partition coefficient (Wildman–Crippen LogP) is 14.5. The Morgan fingerprint density at radius 1 is 0.453 bits per heavy atom. The minimum Gasteiger partial charge on any atom is -0.399 e. The second kappa shape index (κ2) is 31.7. The van der Waals surface area contributed by atoms with Gasteiger partial charge in [-0.3, -0.25) is 10.1 Å². The van der Waals surface area contributed by atoms with Crippen molar-refractivity contribution in [1.82, 2.24) is 0 Å². The third kappa shape index (κ3) is 21.6. The number of benzene rings is 6. The Morgan fingerprint density at radius 2 is 0.744 bits per heavy atom. The normalized spacial score (nSPS) is 14.8. The molecule has 0 bridgehead atoms. The second-order valence-corrected chi connectivity index (χ2v) is 25.5. The lowest BCUT2D eigenvalue weighted by Gasteiger charge is -2.32. The maximum Gasteiger partial charge on any atom is 0.494 e. The van der Waals surface area contributed by atoms with E-state index in [9.17, 15) is 36.5 Å². The average Bonchev–Trinajstić information content (AvgIpc) is 1.99. The molecule has 470 valence electrons. The van der Waals surface area contributed by atoms with Crippen LogP contribution in [0.25, 0.3) is 0 Å². The fourth-order valence-corrected chi connectivity index (χ4v) is 8.38. The summed E-state index contributed by atoms with van der Waals surface area (Å²) in [5.41, 5.74) is 8.46. The van der Waals surface area contributed by atoms with Gasteiger partial charge in [0.05, 0.1) is 67.5 Å². The highest BCUT2D eigenvalue weighted by Gasteiger charge is 2.53. The maximum absolute atomic E-state index is 14.1. The minimum atomic E-state index is -0.622. The van der Waals surface area contributed by atoms with Crippen LogP contribution in [0.2, 0.25) is 0 Å². The Kier molecular flexibility index (Phi) is 27.3. The van der Waals surface area contributed by atoms with E-state index in [1.165, 1.54) is 42.5 Å². The van der Waals surface area contributed by atoms with Gasteiger partial charge in [-0.25, -0.2) is 26.3 Å². The number of hydrogen-bond donors (Lipinski definition) is 3. The van der Waals surface area contributed by atoms with Gasteiger partial charge in [-0.2, -0.15) is 0 Å².